The zero-order valence-electron chi connectivity index (χ0n) is 14.2. The van der Waals surface area contributed by atoms with Crippen LogP contribution in [0.4, 0.5) is 5.69 Å². The third-order valence-corrected chi connectivity index (χ3v) is 4.37. The van der Waals surface area contributed by atoms with Gasteiger partial charge in [-0.15, -0.1) is 0 Å². The van der Waals surface area contributed by atoms with Gasteiger partial charge in [-0.3, -0.25) is 9.48 Å². The minimum absolute atomic E-state index is 0.200. The van der Waals surface area contributed by atoms with Crippen LogP contribution in [0.5, 0.6) is 5.75 Å². The Hall–Kier alpha value is -2.32. The number of anilines is 1. The van der Waals surface area contributed by atoms with Gasteiger partial charge in [0.2, 0.25) is 0 Å². The number of hydrogen-bond donors (Lipinski definition) is 1. The lowest BCUT2D eigenvalue weighted by molar-refractivity contribution is -0.123. The smallest absolute Gasteiger partial charge is 0.251 e. The van der Waals surface area contributed by atoms with Crippen molar-refractivity contribution in [3.05, 3.63) is 58.5 Å². The van der Waals surface area contributed by atoms with Gasteiger partial charge in [-0.25, -0.2) is 4.68 Å². The molecule has 0 aliphatic carbocycles. The van der Waals surface area contributed by atoms with Crippen molar-refractivity contribution in [3.63, 3.8) is 0 Å². The zero-order chi connectivity index (χ0) is 18.7. The third-order valence-electron chi connectivity index (χ3n) is 3.73. The van der Waals surface area contributed by atoms with Crippen molar-refractivity contribution in [2.24, 2.45) is 0 Å². The molecular formula is C17H17BrClN5O2. The lowest BCUT2D eigenvalue weighted by atomic mass is 10.1. The average molecular weight is 439 g/mol. The molecule has 1 aromatic carbocycles. The summed E-state index contributed by atoms with van der Waals surface area (Å²) in [7, 11) is 0. The Morgan fingerprint density at radius 2 is 2.12 bits per heavy atom. The molecule has 0 bridgehead atoms. The molecule has 0 unspecified atom stereocenters. The number of amides is 1. The van der Waals surface area contributed by atoms with E-state index in [-0.39, 0.29) is 12.6 Å². The third kappa shape index (κ3) is 4.25. The van der Waals surface area contributed by atoms with Crippen molar-refractivity contribution >= 4 is 39.1 Å². The largest absolute Gasteiger partial charge is 0.471 e. The molecule has 3 aromatic rings. The monoisotopic (exact) mass is 437 g/mol. The lowest BCUT2D eigenvalue weighted by Gasteiger charge is -2.23. The van der Waals surface area contributed by atoms with Gasteiger partial charge in [0.25, 0.3) is 5.91 Å². The molecule has 136 valence electrons. The van der Waals surface area contributed by atoms with Crippen molar-refractivity contribution in [1.82, 2.24) is 19.6 Å². The molecule has 0 spiro atoms. The Morgan fingerprint density at radius 3 is 2.81 bits per heavy atom. The summed E-state index contributed by atoms with van der Waals surface area (Å²) in [6.07, 6.45) is 6.65. The van der Waals surface area contributed by atoms with E-state index in [2.05, 4.69) is 31.4 Å². The molecule has 1 N–H and O–H groups in total. The number of hydrogen-bond acceptors (Lipinski definition) is 4. The molecular weight excluding hydrogens is 422 g/mol. The number of nitrogens with zero attached hydrogens (tertiary/aromatic N) is 4. The maximum Gasteiger partial charge on any atom is 0.251 e. The standard InChI is InChI=1S/C17H17BrClN5O2/c1-17(2,24-9-12(18)7-21-24)16(25)22-14-8-20-23(10-14)11-26-15-5-3-4-13(19)6-15/h3-10H,11H2,1-2H3,(H,22,25). The Morgan fingerprint density at radius 1 is 1.31 bits per heavy atom. The van der Waals surface area contributed by atoms with Gasteiger partial charge in [-0.05, 0) is 48.0 Å². The quantitative estimate of drug-likeness (QED) is 0.633. The van der Waals surface area contributed by atoms with E-state index in [1.807, 2.05) is 12.1 Å². The van der Waals surface area contributed by atoms with Gasteiger partial charge >= 0.3 is 0 Å². The second-order valence-electron chi connectivity index (χ2n) is 6.12. The summed E-state index contributed by atoms with van der Waals surface area (Å²) in [6.45, 7) is 3.77. The predicted octanol–water partition coefficient (Wildman–Crippen LogP) is 3.91. The van der Waals surface area contributed by atoms with Crippen LogP contribution in [0.3, 0.4) is 0 Å². The summed E-state index contributed by atoms with van der Waals surface area (Å²) in [5.41, 5.74) is -0.283. The van der Waals surface area contributed by atoms with E-state index >= 15 is 0 Å². The number of carbonyl (C=O) groups is 1. The van der Waals surface area contributed by atoms with E-state index in [0.717, 1.165) is 4.47 Å². The average Bonchev–Trinajstić information content (AvgIpc) is 3.22. The molecule has 26 heavy (non-hydrogen) atoms. The highest BCUT2D eigenvalue weighted by atomic mass is 79.9. The first-order valence-electron chi connectivity index (χ1n) is 7.77. The van der Waals surface area contributed by atoms with E-state index in [1.54, 1.807) is 60.1 Å². The van der Waals surface area contributed by atoms with Crippen LogP contribution < -0.4 is 10.1 Å². The molecule has 0 saturated heterocycles. The number of rotatable bonds is 6. The Balaban J connectivity index is 1.62. The Bertz CT molecular complexity index is 921. The number of carbonyl (C=O) groups excluding carboxylic acids is 1. The molecule has 0 fully saturated rings. The van der Waals surface area contributed by atoms with Crippen molar-refractivity contribution in [2.75, 3.05) is 5.32 Å². The van der Waals surface area contributed by atoms with Crippen LogP contribution in [0.25, 0.3) is 0 Å². The second kappa shape index (κ2) is 7.51. The Labute approximate surface area is 164 Å². The first-order valence-corrected chi connectivity index (χ1v) is 8.94. The minimum Gasteiger partial charge on any atom is -0.471 e. The van der Waals surface area contributed by atoms with E-state index in [9.17, 15) is 4.79 Å². The van der Waals surface area contributed by atoms with Gasteiger partial charge in [0, 0.05) is 11.2 Å². The lowest BCUT2D eigenvalue weighted by Crippen LogP contribution is -2.40. The second-order valence-corrected chi connectivity index (χ2v) is 7.47. The van der Waals surface area contributed by atoms with Crippen molar-refractivity contribution in [3.8, 4) is 5.75 Å². The normalized spacial score (nSPS) is 11.4. The summed E-state index contributed by atoms with van der Waals surface area (Å²) in [5.74, 6) is 0.437. The zero-order valence-corrected chi connectivity index (χ0v) is 16.5. The first kappa shape index (κ1) is 18.5. The Kier molecular flexibility index (Phi) is 5.33. The molecule has 0 aliphatic heterocycles. The fourth-order valence-corrected chi connectivity index (χ4v) is 2.66. The summed E-state index contributed by atoms with van der Waals surface area (Å²) >= 11 is 9.26. The predicted molar refractivity (Wildman–Crippen MR) is 102 cm³/mol. The molecule has 0 atom stereocenters. The van der Waals surface area contributed by atoms with Crippen LogP contribution >= 0.6 is 27.5 Å². The molecule has 0 radical (unpaired) electrons. The van der Waals surface area contributed by atoms with Crippen molar-refractivity contribution < 1.29 is 9.53 Å². The van der Waals surface area contributed by atoms with Gasteiger partial charge in [-0.2, -0.15) is 10.2 Å². The van der Waals surface area contributed by atoms with Crippen LogP contribution in [0.2, 0.25) is 5.02 Å². The molecule has 3 rings (SSSR count). The maximum atomic E-state index is 12.6. The topological polar surface area (TPSA) is 74.0 Å². The molecule has 0 saturated carbocycles. The summed E-state index contributed by atoms with van der Waals surface area (Å²) in [4.78, 5) is 12.6. The molecule has 7 nitrogen and oxygen atoms in total. The molecule has 9 heteroatoms. The molecule has 1 amide bonds. The molecule has 2 aromatic heterocycles. The highest BCUT2D eigenvalue weighted by molar-refractivity contribution is 9.10. The van der Waals surface area contributed by atoms with E-state index in [4.69, 9.17) is 16.3 Å². The maximum absolute atomic E-state index is 12.6. The van der Waals surface area contributed by atoms with Gasteiger partial charge in [0.1, 0.15) is 11.3 Å². The fraction of sp³-hybridized carbons (Fsp3) is 0.235. The summed E-state index contributed by atoms with van der Waals surface area (Å²) in [6, 6.07) is 7.11. The van der Waals surface area contributed by atoms with Crippen LogP contribution in [-0.4, -0.2) is 25.5 Å². The van der Waals surface area contributed by atoms with Crippen LogP contribution in [0.15, 0.2) is 53.5 Å². The fourth-order valence-electron chi connectivity index (χ4n) is 2.19. The van der Waals surface area contributed by atoms with Crippen LogP contribution in [-0.2, 0) is 17.1 Å². The molecule has 2 heterocycles. The summed E-state index contributed by atoms with van der Waals surface area (Å²) < 4.78 is 9.60. The number of nitrogens with one attached hydrogen (secondary N) is 1. The molecule has 0 aliphatic rings. The van der Waals surface area contributed by atoms with Gasteiger partial charge in [0.15, 0.2) is 6.73 Å². The number of halogens is 2. The van der Waals surface area contributed by atoms with Gasteiger partial charge in [-0.1, -0.05) is 17.7 Å². The van der Waals surface area contributed by atoms with E-state index < -0.39 is 5.54 Å². The first-order chi connectivity index (χ1) is 12.3. The van der Waals surface area contributed by atoms with E-state index in [0.29, 0.717) is 16.5 Å². The highest BCUT2D eigenvalue weighted by Gasteiger charge is 2.30. The highest BCUT2D eigenvalue weighted by Crippen LogP contribution is 2.20. The van der Waals surface area contributed by atoms with E-state index in [1.165, 1.54) is 0 Å². The number of benzene rings is 1. The van der Waals surface area contributed by atoms with Crippen molar-refractivity contribution in [2.45, 2.75) is 26.1 Å². The number of aromatic nitrogens is 4. The van der Waals surface area contributed by atoms with Crippen LogP contribution in [0, 0.1) is 0 Å². The van der Waals surface area contributed by atoms with Gasteiger partial charge in [0.05, 0.1) is 28.8 Å². The number of ether oxygens (including phenoxy) is 1. The van der Waals surface area contributed by atoms with Crippen LogP contribution in [0.1, 0.15) is 13.8 Å². The summed E-state index contributed by atoms with van der Waals surface area (Å²) in [5, 5.41) is 11.8. The van der Waals surface area contributed by atoms with Gasteiger partial charge < -0.3 is 10.1 Å². The van der Waals surface area contributed by atoms with Crippen molar-refractivity contribution in [1.29, 1.82) is 0 Å². The minimum atomic E-state index is -0.856. The SMILES string of the molecule is CC(C)(C(=O)Nc1cnn(COc2cccc(Cl)c2)c1)n1cc(Br)cn1.